The Morgan fingerprint density at radius 2 is 2.18 bits per heavy atom. The molecule has 0 saturated heterocycles. The van der Waals surface area contributed by atoms with Gasteiger partial charge in [0.05, 0.1) is 0 Å². The van der Waals surface area contributed by atoms with E-state index in [1.165, 1.54) is 18.2 Å². The molecule has 4 heteroatoms. The van der Waals surface area contributed by atoms with Crippen LogP contribution in [0.25, 0.3) is 0 Å². The van der Waals surface area contributed by atoms with Crippen LogP contribution in [0.15, 0.2) is 24.3 Å². The van der Waals surface area contributed by atoms with Crippen molar-refractivity contribution in [3.8, 4) is 0 Å². The third kappa shape index (κ3) is 2.77. The molecule has 1 rings (SSSR count). The Morgan fingerprint density at radius 3 is 2.55 bits per heavy atom. The zero-order chi connectivity index (χ0) is 7.56. The van der Waals surface area contributed by atoms with Crippen molar-refractivity contribution in [3.63, 3.8) is 0 Å². The Hall–Kier alpha value is -0.120. The monoisotopic (exact) mass is 180 g/mol. The second-order valence-electron chi connectivity index (χ2n) is 1.96. The number of carboxylic acids is 1. The van der Waals surface area contributed by atoms with E-state index >= 15 is 0 Å². The fourth-order valence-electron chi connectivity index (χ4n) is 0.728. The number of carbonyl (C=O) groups excluding carboxylic acids is 1. The Kier molecular flexibility index (Phi) is 4.64. The summed E-state index contributed by atoms with van der Waals surface area (Å²) in [5.74, 6) is -2.43. The number of carboxylic acid groups (broad SMARTS) is 1. The first-order valence-electron chi connectivity index (χ1n) is 2.83. The molecule has 0 spiro atoms. The van der Waals surface area contributed by atoms with Crippen molar-refractivity contribution in [2.24, 2.45) is 5.92 Å². The largest absolute Gasteiger partial charge is 2.00 e. The maximum absolute atomic E-state index is 10.7. The fraction of sp³-hybridized carbons (Fsp3) is 0.143. The van der Waals surface area contributed by atoms with Gasteiger partial charge in [0.1, 0.15) is 5.92 Å². The number of allylic oxidation sites excluding steroid dienone is 3. The summed E-state index contributed by atoms with van der Waals surface area (Å²) < 4.78 is 0. The number of ketones is 1. The van der Waals surface area contributed by atoms with E-state index in [-0.39, 0.29) is 46.4 Å². The summed E-state index contributed by atoms with van der Waals surface area (Å²) >= 11 is 0. The van der Waals surface area contributed by atoms with E-state index in [9.17, 15) is 9.59 Å². The zero-order valence-corrected chi connectivity index (χ0v) is 8.07. The molecule has 0 aliphatic heterocycles. The van der Waals surface area contributed by atoms with Crippen LogP contribution in [-0.4, -0.2) is 54.6 Å². The molecule has 0 radical (unpaired) electrons. The van der Waals surface area contributed by atoms with Crippen molar-refractivity contribution < 1.29 is 17.5 Å². The summed E-state index contributed by atoms with van der Waals surface area (Å²) in [6, 6.07) is 0. The van der Waals surface area contributed by atoms with Crippen molar-refractivity contribution in [2.45, 2.75) is 0 Å². The Labute approximate surface area is 96.7 Å². The maximum atomic E-state index is 10.7. The first-order valence-corrected chi connectivity index (χ1v) is 2.83. The topological polar surface area (TPSA) is 54.4 Å². The molecule has 0 heterocycles. The van der Waals surface area contributed by atoms with Gasteiger partial charge in [-0.05, 0) is 6.08 Å². The third-order valence-electron chi connectivity index (χ3n) is 1.25. The van der Waals surface area contributed by atoms with Gasteiger partial charge in [-0.25, -0.2) is 0 Å². The molecule has 1 aliphatic carbocycles. The molecule has 0 amide bonds. The van der Waals surface area contributed by atoms with Crippen LogP contribution in [0.3, 0.4) is 0 Å². The van der Waals surface area contributed by atoms with Crippen LogP contribution < -0.4 is 0 Å². The van der Waals surface area contributed by atoms with E-state index in [2.05, 4.69) is 0 Å². The van der Waals surface area contributed by atoms with Gasteiger partial charge in [0.2, 0.25) is 0 Å². The Bertz CT molecular complexity index is 238. The quantitative estimate of drug-likeness (QED) is 0.464. The number of rotatable bonds is 1. The van der Waals surface area contributed by atoms with Gasteiger partial charge in [0.15, 0.2) is 5.78 Å². The molecule has 0 aromatic rings. The van der Waals surface area contributed by atoms with E-state index in [1.54, 1.807) is 6.08 Å². The second-order valence-corrected chi connectivity index (χ2v) is 1.96. The second kappa shape index (κ2) is 4.70. The molecule has 0 fully saturated rings. The molecule has 0 aromatic heterocycles. The smallest absolute Gasteiger partial charge is 1.00 e. The van der Waals surface area contributed by atoms with Crippen molar-refractivity contribution >= 4 is 49.5 Å². The SMILES string of the molecule is O=C(O)C1C=CC=CC1=O.[Ca+2].[H-].[H-]. The number of carbonyl (C=O) groups is 2. The third-order valence-corrected chi connectivity index (χ3v) is 1.25. The summed E-state index contributed by atoms with van der Waals surface area (Å²) in [6.45, 7) is 0. The normalized spacial score (nSPS) is 21.1. The first kappa shape index (κ1) is 10.9. The van der Waals surface area contributed by atoms with E-state index in [1.807, 2.05) is 0 Å². The zero-order valence-electron chi connectivity index (χ0n) is 7.86. The van der Waals surface area contributed by atoms with Gasteiger partial charge in [-0.15, -0.1) is 0 Å². The average molecular weight is 180 g/mol. The van der Waals surface area contributed by atoms with Crippen LogP contribution in [-0.2, 0) is 9.59 Å². The summed E-state index contributed by atoms with van der Waals surface area (Å²) in [5.41, 5.74) is 0. The molecule has 56 valence electrons. The summed E-state index contributed by atoms with van der Waals surface area (Å²) in [6.07, 6.45) is 5.71. The van der Waals surface area contributed by atoms with Crippen molar-refractivity contribution in [1.29, 1.82) is 0 Å². The van der Waals surface area contributed by atoms with E-state index in [0.717, 1.165) is 0 Å². The number of hydrogen-bond acceptors (Lipinski definition) is 2. The van der Waals surface area contributed by atoms with E-state index < -0.39 is 11.9 Å². The summed E-state index contributed by atoms with van der Waals surface area (Å²) in [4.78, 5) is 21.0. The average Bonchev–Trinajstić information content (AvgIpc) is 1.88. The Balaban J connectivity index is -0.000000333. The number of hydrogen-bond donors (Lipinski definition) is 1. The van der Waals surface area contributed by atoms with Gasteiger partial charge in [-0.1, -0.05) is 18.2 Å². The fourth-order valence-corrected chi connectivity index (χ4v) is 0.728. The Morgan fingerprint density at radius 1 is 1.55 bits per heavy atom. The van der Waals surface area contributed by atoms with E-state index in [0.29, 0.717) is 0 Å². The van der Waals surface area contributed by atoms with E-state index in [4.69, 9.17) is 5.11 Å². The van der Waals surface area contributed by atoms with Crippen molar-refractivity contribution in [1.82, 2.24) is 0 Å². The van der Waals surface area contributed by atoms with Gasteiger partial charge < -0.3 is 7.96 Å². The van der Waals surface area contributed by atoms with Gasteiger partial charge in [-0.2, -0.15) is 0 Å². The molecule has 1 N–H and O–H groups in total. The van der Waals surface area contributed by atoms with Crippen LogP contribution in [0, 0.1) is 5.92 Å². The molecule has 1 aliphatic rings. The van der Waals surface area contributed by atoms with Crippen LogP contribution >= 0.6 is 0 Å². The van der Waals surface area contributed by atoms with Gasteiger partial charge >= 0.3 is 43.7 Å². The van der Waals surface area contributed by atoms with Gasteiger partial charge in [0.25, 0.3) is 0 Å². The molecule has 0 bridgehead atoms. The predicted octanol–water partition coefficient (Wildman–Crippen LogP) is 0.227. The van der Waals surface area contributed by atoms with Crippen molar-refractivity contribution in [2.75, 3.05) is 0 Å². The maximum Gasteiger partial charge on any atom is 2.00 e. The molecular weight excluding hydrogens is 172 g/mol. The van der Waals surface area contributed by atoms with Crippen LogP contribution in [0.5, 0.6) is 0 Å². The molecule has 11 heavy (non-hydrogen) atoms. The van der Waals surface area contributed by atoms with Gasteiger partial charge in [0, 0.05) is 0 Å². The first-order chi connectivity index (χ1) is 4.72. The summed E-state index contributed by atoms with van der Waals surface area (Å²) in [5, 5.41) is 8.40. The van der Waals surface area contributed by atoms with Crippen molar-refractivity contribution in [3.05, 3.63) is 24.3 Å². The molecule has 0 aromatic carbocycles. The summed E-state index contributed by atoms with van der Waals surface area (Å²) in [7, 11) is 0. The molecular formula is C7H8CaO3. The van der Waals surface area contributed by atoms with Gasteiger partial charge in [-0.3, -0.25) is 9.59 Å². The molecule has 3 nitrogen and oxygen atoms in total. The minimum absolute atomic E-state index is 0. The number of aliphatic carboxylic acids is 1. The standard InChI is InChI=1S/C7H6O3.Ca.2H/c8-6-4-2-1-3-5(6)7(9)10;;;/h1-5H,(H,9,10);;;/q;+2;2*-1. The molecule has 0 saturated carbocycles. The predicted molar refractivity (Wildman–Crippen MR) is 42.4 cm³/mol. The van der Waals surface area contributed by atoms with Crippen LogP contribution in [0.2, 0.25) is 0 Å². The van der Waals surface area contributed by atoms with Crippen LogP contribution in [0.4, 0.5) is 0 Å². The minimum atomic E-state index is -1.09. The molecule has 1 atom stereocenters. The van der Waals surface area contributed by atoms with Crippen LogP contribution in [0.1, 0.15) is 2.85 Å². The minimum Gasteiger partial charge on any atom is -1.00 e. The molecule has 1 unspecified atom stereocenters.